The molecular weight excluding hydrogens is 272 g/mol. The van der Waals surface area contributed by atoms with Crippen LogP contribution in [0.3, 0.4) is 0 Å². The maximum absolute atomic E-state index is 12.3. The van der Waals surface area contributed by atoms with Crippen LogP contribution in [0.4, 0.5) is 5.69 Å². The van der Waals surface area contributed by atoms with E-state index in [0.29, 0.717) is 16.3 Å². The maximum Gasteiger partial charge on any atom is 0.253 e. The van der Waals surface area contributed by atoms with Gasteiger partial charge in [0.2, 0.25) is 0 Å². The summed E-state index contributed by atoms with van der Waals surface area (Å²) in [4.78, 5) is 12.3. The second kappa shape index (κ2) is 5.97. The Labute approximate surface area is 123 Å². The highest BCUT2D eigenvalue weighted by atomic mass is 35.5. The van der Waals surface area contributed by atoms with E-state index in [2.05, 4.69) is 5.32 Å². The zero-order valence-corrected chi connectivity index (χ0v) is 12.2. The largest absolute Gasteiger partial charge is 0.398 e. The van der Waals surface area contributed by atoms with Crippen LogP contribution in [-0.2, 0) is 0 Å². The average Bonchev–Trinajstić information content (AvgIpc) is 2.42. The molecule has 1 unspecified atom stereocenters. The molecule has 0 saturated heterocycles. The summed E-state index contributed by atoms with van der Waals surface area (Å²) in [6, 6.07) is 12.7. The van der Waals surface area contributed by atoms with Crippen molar-refractivity contribution in [2.75, 3.05) is 5.73 Å². The molecule has 0 aliphatic rings. The number of nitrogens with two attached hydrogens (primary N) is 1. The monoisotopic (exact) mass is 288 g/mol. The maximum atomic E-state index is 12.3. The Morgan fingerprint density at radius 3 is 2.50 bits per heavy atom. The van der Waals surface area contributed by atoms with Crippen molar-refractivity contribution >= 4 is 23.2 Å². The Morgan fingerprint density at radius 1 is 1.20 bits per heavy atom. The number of anilines is 1. The van der Waals surface area contributed by atoms with Gasteiger partial charge in [0.15, 0.2) is 0 Å². The van der Waals surface area contributed by atoms with Gasteiger partial charge >= 0.3 is 0 Å². The normalized spacial score (nSPS) is 11.9. The molecule has 104 valence electrons. The summed E-state index contributed by atoms with van der Waals surface area (Å²) in [6.07, 6.45) is 0. The third kappa shape index (κ3) is 3.31. The number of nitrogens with one attached hydrogen (secondary N) is 1. The lowest BCUT2D eigenvalue weighted by Gasteiger charge is -2.15. The molecule has 0 saturated carbocycles. The van der Waals surface area contributed by atoms with Crippen molar-refractivity contribution in [1.29, 1.82) is 0 Å². The first-order valence-electron chi connectivity index (χ1n) is 6.40. The van der Waals surface area contributed by atoms with Gasteiger partial charge in [0.05, 0.1) is 11.6 Å². The number of hydrogen-bond donors (Lipinski definition) is 2. The van der Waals surface area contributed by atoms with Crippen LogP contribution in [0.5, 0.6) is 0 Å². The third-order valence-electron chi connectivity index (χ3n) is 3.17. The van der Waals surface area contributed by atoms with Crippen LogP contribution in [0, 0.1) is 6.92 Å². The van der Waals surface area contributed by atoms with Crippen LogP contribution in [0.1, 0.15) is 34.5 Å². The minimum atomic E-state index is -0.173. The van der Waals surface area contributed by atoms with Crippen LogP contribution in [0.2, 0.25) is 5.02 Å². The highest BCUT2D eigenvalue weighted by Gasteiger charge is 2.13. The van der Waals surface area contributed by atoms with Gasteiger partial charge in [-0.25, -0.2) is 0 Å². The molecule has 0 spiro atoms. The van der Waals surface area contributed by atoms with E-state index in [0.717, 1.165) is 11.1 Å². The zero-order chi connectivity index (χ0) is 14.7. The smallest absolute Gasteiger partial charge is 0.253 e. The molecule has 1 atom stereocenters. The van der Waals surface area contributed by atoms with Gasteiger partial charge in [0, 0.05) is 10.7 Å². The minimum Gasteiger partial charge on any atom is -0.398 e. The molecule has 2 aromatic carbocycles. The summed E-state index contributed by atoms with van der Waals surface area (Å²) in [5, 5.41) is 3.61. The lowest BCUT2D eigenvalue weighted by Crippen LogP contribution is -2.27. The molecule has 0 aliphatic carbocycles. The molecule has 0 fully saturated rings. The van der Waals surface area contributed by atoms with Gasteiger partial charge in [-0.1, -0.05) is 35.4 Å². The number of aryl methyl sites for hydroxylation is 1. The van der Waals surface area contributed by atoms with Gasteiger partial charge in [-0.15, -0.1) is 0 Å². The third-order valence-corrected chi connectivity index (χ3v) is 3.42. The molecule has 0 aromatic heterocycles. The predicted molar refractivity (Wildman–Crippen MR) is 82.9 cm³/mol. The Balaban J connectivity index is 2.15. The number of carbonyl (C=O) groups is 1. The lowest BCUT2D eigenvalue weighted by molar-refractivity contribution is 0.0940. The second-order valence-corrected chi connectivity index (χ2v) is 5.27. The van der Waals surface area contributed by atoms with E-state index < -0.39 is 0 Å². The number of carbonyl (C=O) groups excluding carboxylic acids is 1. The lowest BCUT2D eigenvalue weighted by atomic mass is 10.1. The summed E-state index contributed by atoms with van der Waals surface area (Å²) in [7, 11) is 0. The Bertz CT molecular complexity index is 623. The van der Waals surface area contributed by atoms with E-state index >= 15 is 0 Å². The number of amides is 1. The number of hydrogen-bond acceptors (Lipinski definition) is 2. The molecule has 20 heavy (non-hydrogen) atoms. The fraction of sp³-hybridized carbons (Fsp3) is 0.188. The van der Waals surface area contributed by atoms with Gasteiger partial charge in [0.25, 0.3) is 5.91 Å². The van der Waals surface area contributed by atoms with Crippen molar-refractivity contribution in [3.63, 3.8) is 0 Å². The van der Waals surface area contributed by atoms with E-state index in [-0.39, 0.29) is 11.9 Å². The van der Waals surface area contributed by atoms with Gasteiger partial charge in [0.1, 0.15) is 0 Å². The fourth-order valence-electron chi connectivity index (χ4n) is 1.98. The SMILES string of the molecule is Cc1ccc(N)c(C(=O)NC(C)c2ccc(Cl)cc2)c1. The first-order valence-corrected chi connectivity index (χ1v) is 6.77. The predicted octanol–water partition coefficient (Wildman–Crippen LogP) is 3.72. The van der Waals surface area contributed by atoms with Crippen LogP contribution in [0.15, 0.2) is 42.5 Å². The van der Waals surface area contributed by atoms with Crippen LogP contribution in [0.25, 0.3) is 0 Å². The molecule has 0 bridgehead atoms. The summed E-state index contributed by atoms with van der Waals surface area (Å²) >= 11 is 5.85. The standard InChI is InChI=1S/C16H17ClN2O/c1-10-3-8-15(18)14(9-10)16(20)19-11(2)12-4-6-13(17)7-5-12/h3-9,11H,18H2,1-2H3,(H,19,20). The number of rotatable bonds is 3. The molecule has 3 N–H and O–H groups in total. The van der Waals surface area contributed by atoms with E-state index in [1.165, 1.54) is 0 Å². The summed E-state index contributed by atoms with van der Waals surface area (Å²) in [6.45, 7) is 3.85. The van der Waals surface area contributed by atoms with Crippen LogP contribution in [-0.4, -0.2) is 5.91 Å². The van der Waals surface area contributed by atoms with Crippen molar-refractivity contribution in [2.45, 2.75) is 19.9 Å². The second-order valence-electron chi connectivity index (χ2n) is 4.84. The highest BCUT2D eigenvalue weighted by molar-refractivity contribution is 6.30. The van der Waals surface area contributed by atoms with Gasteiger partial charge < -0.3 is 11.1 Å². The first kappa shape index (κ1) is 14.4. The molecule has 3 nitrogen and oxygen atoms in total. The Kier molecular flexibility index (Phi) is 4.30. The quantitative estimate of drug-likeness (QED) is 0.846. The molecule has 2 aromatic rings. The molecule has 4 heteroatoms. The molecule has 0 radical (unpaired) electrons. The number of nitrogen functional groups attached to an aromatic ring is 1. The van der Waals surface area contributed by atoms with Crippen LogP contribution < -0.4 is 11.1 Å². The molecule has 0 aliphatic heterocycles. The van der Waals surface area contributed by atoms with Crippen molar-refractivity contribution in [2.24, 2.45) is 0 Å². The van der Waals surface area contributed by atoms with E-state index in [1.54, 1.807) is 24.3 Å². The summed E-state index contributed by atoms with van der Waals surface area (Å²) in [5.74, 6) is -0.173. The minimum absolute atomic E-state index is 0.111. The van der Waals surface area contributed by atoms with Gasteiger partial charge in [-0.2, -0.15) is 0 Å². The molecular formula is C16H17ClN2O. The summed E-state index contributed by atoms with van der Waals surface area (Å²) in [5.41, 5.74) is 8.83. The Morgan fingerprint density at radius 2 is 1.85 bits per heavy atom. The van der Waals surface area contributed by atoms with Crippen molar-refractivity contribution < 1.29 is 4.79 Å². The zero-order valence-electron chi connectivity index (χ0n) is 11.5. The van der Waals surface area contributed by atoms with Gasteiger partial charge in [-0.3, -0.25) is 4.79 Å². The fourth-order valence-corrected chi connectivity index (χ4v) is 2.10. The first-order chi connectivity index (χ1) is 9.47. The topological polar surface area (TPSA) is 55.1 Å². The van der Waals surface area contributed by atoms with Gasteiger partial charge in [-0.05, 0) is 43.7 Å². The Hall–Kier alpha value is -2.00. The van der Waals surface area contributed by atoms with E-state index in [4.69, 9.17) is 17.3 Å². The average molecular weight is 289 g/mol. The van der Waals surface area contributed by atoms with E-state index in [1.807, 2.05) is 32.0 Å². The molecule has 0 heterocycles. The van der Waals surface area contributed by atoms with E-state index in [9.17, 15) is 4.79 Å². The van der Waals surface area contributed by atoms with Crippen molar-refractivity contribution in [3.8, 4) is 0 Å². The van der Waals surface area contributed by atoms with Crippen molar-refractivity contribution in [3.05, 3.63) is 64.2 Å². The highest BCUT2D eigenvalue weighted by Crippen LogP contribution is 2.18. The molecule has 2 rings (SSSR count). The van der Waals surface area contributed by atoms with Crippen LogP contribution >= 0.6 is 11.6 Å². The summed E-state index contributed by atoms with van der Waals surface area (Å²) < 4.78 is 0. The number of halogens is 1. The van der Waals surface area contributed by atoms with Crippen molar-refractivity contribution in [1.82, 2.24) is 5.32 Å². The molecule has 1 amide bonds. The number of benzene rings is 2.